The van der Waals surface area contributed by atoms with Gasteiger partial charge in [0.1, 0.15) is 18.7 Å². The minimum Gasteiger partial charge on any atom is -0.480 e. The van der Waals surface area contributed by atoms with Crippen molar-refractivity contribution < 1.29 is 24.2 Å². The lowest BCUT2D eigenvalue weighted by Crippen LogP contribution is -2.46. The largest absolute Gasteiger partial charge is 0.480 e. The molecule has 7 heteroatoms. The molecule has 0 spiro atoms. The predicted octanol–water partition coefficient (Wildman–Crippen LogP) is 1.13. The molecule has 0 bridgehead atoms. The third-order valence-corrected chi connectivity index (χ3v) is 4.35. The minimum absolute atomic E-state index is 0.108. The van der Waals surface area contributed by atoms with Gasteiger partial charge in [0.15, 0.2) is 0 Å². The molecule has 2 heterocycles. The average Bonchev–Trinajstić information content (AvgIpc) is 3.08. The molecule has 7 nitrogen and oxygen atoms in total. The molecule has 2 aliphatic rings. The maximum Gasteiger partial charge on any atom is 0.408 e. The molecule has 2 saturated heterocycles. The fraction of sp³-hybridized carbons (Fsp3) is 0.438. The molecule has 122 valence electrons. The van der Waals surface area contributed by atoms with Crippen molar-refractivity contribution in [2.24, 2.45) is 0 Å². The number of nitrogens with one attached hydrogen (secondary N) is 1. The van der Waals surface area contributed by atoms with Gasteiger partial charge in [0, 0.05) is 6.04 Å². The summed E-state index contributed by atoms with van der Waals surface area (Å²) in [5.41, 5.74) is 0.854. The Morgan fingerprint density at radius 2 is 2.00 bits per heavy atom. The number of rotatable bonds is 4. The second kappa shape index (κ2) is 6.28. The number of ether oxygens (including phenoxy) is 1. The van der Waals surface area contributed by atoms with Crippen LogP contribution in [-0.2, 0) is 20.9 Å². The minimum atomic E-state index is -0.992. The lowest BCUT2D eigenvalue weighted by atomic mass is 10.1. The molecule has 0 saturated carbocycles. The summed E-state index contributed by atoms with van der Waals surface area (Å²) < 4.78 is 5.10. The first-order valence-corrected chi connectivity index (χ1v) is 7.58. The molecule has 0 aromatic heterocycles. The summed E-state index contributed by atoms with van der Waals surface area (Å²) >= 11 is 0. The van der Waals surface area contributed by atoms with Gasteiger partial charge in [-0.25, -0.2) is 9.59 Å². The van der Waals surface area contributed by atoms with Crippen molar-refractivity contribution in [3.8, 4) is 0 Å². The van der Waals surface area contributed by atoms with Gasteiger partial charge in [-0.2, -0.15) is 0 Å². The van der Waals surface area contributed by atoms with E-state index in [1.54, 1.807) is 0 Å². The summed E-state index contributed by atoms with van der Waals surface area (Å²) in [6, 6.07) is 7.64. The number of amides is 2. The first-order valence-electron chi connectivity index (χ1n) is 7.58. The van der Waals surface area contributed by atoms with Crippen LogP contribution < -0.4 is 5.32 Å². The van der Waals surface area contributed by atoms with Gasteiger partial charge in [-0.15, -0.1) is 0 Å². The molecule has 2 aliphatic heterocycles. The van der Waals surface area contributed by atoms with Crippen LogP contribution in [-0.4, -0.2) is 46.1 Å². The number of benzene rings is 1. The van der Waals surface area contributed by atoms with E-state index in [0.29, 0.717) is 19.3 Å². The van der Waals surface area contributed by atoms with Gasteiger partial charge in [0.05, 0.1) is 0 Å². The van der Waals surface area contributed by atoms with Gasteiger partial charge < -0.3 is 20.1 Å². The van der Waals surface area contributed by atoms with E-state index in [2.05, 4.69) is 5.32 Å². The van der Waals surface area contributed by atoms with Crippen molar-refractivity contribution in [3.63, 3.8) is 0 Å². The highest BCUT2D eigenvalue weighted by molar-refractivity contribution is 5.92. The Kier molecular flexibility index (Phi) is 4.18. The van der Waals surface area contributed by atoms with Crippen LogP contribution in [0, 0.1) is 0 Å². The van der Waals surface area contributed by atoms with Crippen molar-refractivity contribution >= 4 is 18.0 Å². The van der Waals surface area contributed by atoms with E-state index in [1.165, 1.54) is 4.90 Å². The standard InChI is InChI=1S/C16H18N2O5/c19-14-12(8-11-6-7-13(15(20)21)18(11)14)17-16(22)23-9-10-4-2-1-3-5-10/h1-5,11-13H,6-9H2,(H,17,22)(H,20,21)/t11-,12?,13-/m0/s1. The first kappa shape index (κ1) is 15.3. The Balaban J connectivity index is 1.54. The second-order valence-corrected chi connectivity index (χ2v) is 5.83. The quantitative estimate of drug-likeness (QED) is 0.867. The normalized spacial score (nSPS) is 26.0. The van der Waals surface area contributed by atoms with Crippen molar-refractivity contribution in [3.05, 3.63) is 35.9 Å². The zero-order chi connectivity index (χ0) is 16.4. The number of hydrogen-bond donors (Lipinski definition) is 2. The zero-order valence-corrected chi connectivity index (χ0v) is 12.5. The van der Waals surface area contributed by atoms with Crippen LogP contribution in [0.4, 0.5) is 4.79 Å². The van der Waals surface area contributed by atoms with Crippen molar-refractivity contribution in [1.82, 2.24) is 10.2 Å². The SMILES string of the molecule is O=C(NC1C[C@@H]2CC[C@@H](C(=O)O)N2C1=O)OCc1ccccc1. The Hall–Kier alpha value is -2.57. The van der Waals surface area contributed by atoms with Crippen LogP contribution in [0.1, 0.15) is 24.8 Å². The number of carboxylic acids is 1. The third kappa shape index (κ3) is 3.13. The van der Waals surface area contributed by atoms with Crippen molar-refractivity contribution in [2.75, 3.05) is 0 Å². The van der Waals surface area contributed by atoms with Crippen LogP contribution in [0.15, 0.2) is 30.3 Å². The molecule has 2 fully saturated rings. The highest BCUT2D eigenvalue weighted by Crippen LogP contribution is 2.33. The van der Waals surface area contributed by atoms with Gasteiger partial charge in [-0.1, -0.05) is 30.3 Å². The third-order valence-electron chi connectivity index (χ3n) is 4.35. The Morgan fingerprint density at radius 3 is 2.70 bits per heavy atom. The van der Waals surface area contributed by atoms with Gasteiger partial charge in [-0.05, 0) is 24.8 Å². The Bertz CT molecular complexity index is 618. The van der Waals surface area contributed by atoms with Gasteiger partial charge in [-0.3, -0.25) is 4.79 Å². The number of carbonyl (C=O) groups is 3. The lowest BCUT2D eigenvalue weighted by molar-refractivity contribution is -0.147. The number of hydrogen-bond acceptors (Lipinski definition) is 4. The van der Waals surface area contributed by atoms with Crippen LogP contribution in [0.2, 0.25) is 0 Å². The fourth-order valence-electron chi connectivity index (χ4n) is 3.27. The molecule has 23 heavy (non-hydrogen) atoms. The number of nitrogens with zero attached hydrogens (tertiary/aromatic N) is 1. The lowest BCUT2D eigenvalue weighted by Gasteiger charge is -2.21. The van der Waals surface area contributed by atoms with Gasteiger partial charge in [0.25, 0.3) is 0 Å². The molecule has 3 rings (SSSR count). The number of carboxylic acid groups (broad SMARTS) is 1. The summed E-state index contributed by atoms with van der Waals surface area (Å²) in [6.07, 6.45) is 0.889. The maximum atomic E-state index is 12.3. The van der Waals surface area contributed by atoms with Gasteiger partial charge in [0.2, 0.25) is 5.91 Å². The Labute approximate surface area is 133 Å². The summed E-state index contributed by atoms with van der Waals surface area (Å²) in [6.45, 7) is 0.123. The molecule has 2 amide bonds. The summed E-state index contributed by atoms with van der Waals surface area (Å²) in [4.78, 5) is 36.7. The molecule has 2 N–H and O–H groups in total. The van der Waals surface area contributed by atoms with E-state index in [9.17, 15) is 14.4 Å². The number of carbonyl (C=O) groups excluding carboxylic acids is 2. The van der Waals surface area contributed by atoms with E-state index >= 15 is 0 Å². The maximum absolute atomic E-state index is 12.3. The highest BCUT2D eigenvalue weighted by Gasteiger charge is 2.49. The first-order chi connectivity index (χ1) is 11.1. The predicted molar refractivity (Wildman–Crippen MR) is 79.5 cm³/mol. The van der Waals surface area contributed by atoms with Crippen LogP contribution in [0.3, 0.4) is 0 Å². The fourth-order valence-corrected chi connectivity index (χ4v) is 3.27. The molecule has 0 radical (unpaired) electrons. The second-order valence-electron chi connectivity index (χ2n) is 5.83. The summed E-state index contributed by atoms with van der Waals surface area (Å²) in [5, 5.41) is 11.7. The number of alkyl carbamates (subject to hydrolysis) is 1. The molecule has 1 aromatic carbocycles. The van der Waals surface area contributed by atoms with Crippen molar-refractivity contribution in [1.29, 1.82) is 0 Å². The van der Waals surface area contributed by atoms with Crippen LogP contribution in [0.25, 0.3) is 0 Å². The topological polar surface area (TPSA) is 95.9 Å². The molecule has 3 atom stereocenters. The smallest absolute Gasteiger partial charge is 0.408 e. The van der Waals surface area contributed by atoms with E-state index < -0.39 is 24.1 Å². The molecular formula is C16H18N2O5. The van der Waals surface area contributed by atoms with Crippen LogP contribution in [0.5, 0.6) is 0 Å². The van der Waals surface area contributed by atoms with Gasteiger partial charge >= 0.3 is 12.1 Å². The Morgan fingerprint density at radius 1 is 1.26 bits per heavy atom. The van der Waals surface area contributed by atoms with Crippen molar-refractivity contribution in [2.45, 2.75) is 44.0 Å². The average molecular weight is 318 g/mol. The van der Waals surface area contributed by atoms with Crippen LogP contribution >= 0.6 is 0 Å². The van der Waals surface area contributed by atoms with E-state index in [4.69, 9.17) is 9.84 Å². The van der Waals surface area contributed by atoms with E-state index in [-0.39, 0.29) is 18.6 Å². The number of fused-ring (bicyclic) bond motifs is 1. The van der Waals surface area contributed by atoms with E-state index in [1.807, 2.05) is 30.3 Å². The zero-order valence-electron chi connectivity index (χ0n) is 12.5. The van der Waals surface area contributed by atoms with E-state index in [0.717, 1.165) is 5.56 Å². The molecule has 1 aromatic rings. The molecular weight excluding hydrogens is 300 g/mol. The summed E-state index contributed by atoms with van der Waals surface area (Å²) in [5.74, 6) is -1.33. The molecule has 1 unspecified atom stereocenters. The molecule has 0 aliphatic carbocycles. The highest BCUT2D eigenvalue weighted by atomic mass is 16.5. The monoisotopic (exact) mass is 318 g/mol. The summed E-state index contributed by atoms with van der Waals surface area (Å²) in [7, 11) is 0. The number of aliphatic carboxylic acids is 1.